The quantitative estimate of drug-likeness (QED) is 0.753. The lowest BCUT2D eigenvalue weighted by molar-refractivity contribution is 0.0523. The van der Waals surface area contributed by atoms with Gasteiger partial charge in [-0.15, -0.1) is 0 Å². The van der Waals surface area contributed by atoms with Gasteiger partial charge in [0.25, 0.3) is 0 Å². The minimum atomic E-state index is -0.473. The Bertz CT molecular complexity index is 438. The Morgan fingerprint density at radius 3 is 2.48 bits per heavy atom. The van der Waals surface area contributed by atoms with Crippen molar-refractivity contribution in [3.8, 4) is 5.75 Å². The number of rotatable bonds is 6. The molecule has 1 atom stereocenters. The van der Waals surface area contributed by atoms with E-state index in [1.165, 1.54) is 0 Å². The van der Waals surface area contributed by atoms with E-state index in [4.69, 9.17) is 4.74 Å². The minimum absolute atomic E-state index is 0.162. The van der Waals surface area contributed by atoms with Gasteiger partial charge in [0, 0.05) is 12.6 Å². The number of aromatic hydroxyl groups is 1. The van der Waals surface area contributed by atoms with Gasteiger partial charge in [0.1, 0.15) is 11.4 Å². The molecule has 0 aliphatic heterocycles. The highest BCUT2D eigenvalue weighted by molar-refractivity contribution is 5.67. The third kappa shape index (κ3) is 8.19. The minimum Gasteiger partial charge on any atom is -0.508 e. The van der Waals surface area contributed by atoms with Gasteiger partial charge in [-0.05, 0) is 58.4 Å². The number of carbonyl (C=O) groups is 1. The maximum Gasteiger partial charge on any atom is 0.407 e. The highest BCUT2D eigenvalue weighted by Crippen LogP contribution is 2.09. The van der Waals surface area contributed by atoms with Gasteiger partial charge in [-0.2, -0.15) is 0 Å². The summed E-state index contributed by atoms with van der Waals surface area (Å²) in [5, 5.41) is 15.3. The second kappa shape index (κ2) is 7.88. The van der Waals surface area contributed by atoms with E-state index in [0.717, 1.165) is 18.5 Å². The van der Waals surface area contributed by atoms with Crippen LogP contribution in [0.3, 0.4) is 0 Å². The lowest BCUT2D eigenvalue weighted by Crippen LogP contribution is -2.41. The molecule has 5 heteroatoms. The van der Waals surface area contributed by atoms with Crippen LogP contribution in [0.15, 0.2) is 24.3 Å². The van der Waals surface area contributed by atoms with Crippen molar-refractivity contribution < 1.29 is 14.6 Å². The summed E-state index contributed by atoms with van der Waals surface area (Å²) in [5.41, 5.74) is 0.687. The number of alkyl carbamates (subject to hydrolysis) is 1. The van der Waals surface area contributed by atoms with Crippen molar-refractivity contribution in [2.45, 2.75) is 45.8 Å². The standard InChI is InChI=1S/C16H26N2O3/c1-12(11-18-15(20)21-16(2,3)4)17-10-9-13-5-7-14(19)8-6-13/h5-8,12,17,19H,9-11H2,1-4H3,(H,18,20). The van der Waals surface area contributed by atoms with Crippen LogP contribution in [-0.2, 0) is 11.2 Å². The summed E-state index contributed by atoms with van der Waals surface area (Å²) in [6.45, 7) is 8.85. The smallest absolute Gasteiger partial charge is 0.407 e. The van der Waals surface area contributed by atoms with Crippen molar-refractivity contribution in [1.29, 1.82) is 0 Å². The first-order valence-electron chi connectivity index (χ1n) is 7.24. The fraction of sp³-hybridized carbons (Fsp3) is 0.562. The molecule has 1 aromatic rings. The maximum atomic E-state index is 11.5. The summed E-state index contributed by atoms with van der Waals surface area (Å²) in [7, 11) is 0. The highest BCUT2D eigenvalue weighted by atomic mass is 16.6. The van der Waals surface area contributed by atoms with E-state index in [1.807, 2.05) is 39.8 Å². The van der Waals surface area contributed by atoms with E-state index < -0.39 is 11.7 Å². The molecule has 1 unspecified atom stereocenters. The first kappa shape index (κ1) is 17.3. The van der Waals surface area contributed by atoms with Crippen LogP contribution < -0.4 is 10.6 Å². The second-order valence-electron chi connectivity index (χ2n) is 6.15. The summed E-state index contributed by atoms with van der Waals surface area (Å²) < 4.78 is 5.17. The monoisotopic (exact) mass is 294 g/mol. The Morgan fingerprint density at radius 2 is 1.90 bits per heavy atom. The van der Waals surface area contributed by atoms with Crippen molar-refractivity contribution in [1.82, 2.24) is 10.6 Å². The number of benzene rings is 1. The van der Waals surface area contributed by atoms with E-state index in [1.54, 1.807) is 12.1 Å². The number of hydrogen-bond acceptors (Lipinski definition) is 4. The first-order chi connectivity index (χ1) is 9.76. The molecule has 0 saturated heterocycles. The van der Waals surface area contributed by atoms with Gasteiger partial charge < -0.3 is 20.5 Å². The normalized spacial score (nSPS) is 12.8. The molecule has 0 fully saturated rings. The number of amides is 1. The first-order valence-corrected chi connectivity index (χ1v) is 7.24. The van der Waals surface area contributed by atoms with Crippen LogP contribution in [0, 0.1) is 0 Å². The van der Waals surface area contributed by atoms with Gasteiger partial charge in [-0.25, -0.2) is 4.79 Å². The second-order valence-corrected chi connectivity index (χ2v) is 6.15. The molecule has 0 aliphatic rings. The van der Waals surface area contributed by atoms with Crippen molar-refractivity contribution in [2.75, 3.05) is 13.1 Å². The fourth-order valence-electron chi connectivity index (χ4n) is 1.75. The molecule has 0 aromatic heterocycles. The molecular formula is C16H26N2O3. The van der Waals surface area contributed by atoms with Crippen LogP contribution in [0.4, 0.5) is 4.79 Å². The van der Waals surface area contributed by atoms with Crippen molar-refractivity contribution in [3.63, 3.8) is 0 Å². The van der Waals surface area contributed by atoms with Gasteiger partial charge in [-0.3, -0.25) is 0 Å². The third-order valence-electron chi connectivity index (χ3n) is 2.79. The van der Waals surface area contributed by atoms with Crippen LogP contribution in [0.5, 0.6) is 5.75 Å². The average Bonchev–Trinajstić information content (AvgIpc) is 2.37. The molecule has 0 bridgehead atoms. The Balaban J connectivity index is 2.18. The number of hydrogen-bond donors (Lipinski definition) is 3. The Hall–Kier alpha value is -1.75. The van der Waals surface area contributed by atoms with E-state index in [2.05, 4.69) is 10.6 Å². The molecule has 0 heterocycles. The van der Waals surface area contributed by atoms with Crippen molar-refractivity contribution in [3.05, 3.63) is 29.8 Å². The zero-order valence-electron chi connectivity index (χ0n) is 13.3. The molecule has 0 saturated carbocycles. The Kier molecular flexibility index (Phi) is 6.49. The number of nitrogens with one attached hydrogen (secondary N) is 2. The van der Waals surface area contributed by atoms with E-state index in [9.17, 15) is 9.90 Å². The molecule has 1 amide bonds. The van der Waals surface area contributed by atoms with Crippen LogP contribution in [0.2, 0.25) is 0 Å². The van der Waals surface area contributed by atoms with Gasteiger partial charge in [-0.1, -0.05) is 12.1 Å². The Labute approximate surface area is 126 Å². The van der Waals surface area contributed by atoms with Gasteiger partial charge in [0.05, 0.1) is 0 Å². The lowest BCUT2D eigenvalue weighted by Gasteiger charge is -2.21. The lowest BCUT2D eigenvalue weighted by atomic mass is 10.1. The number of phenolic OH excluding ortho intramolecular Hbond substituents is 1. The predicted octanol–water partition coefficient (Wildman–Crippen LogP) is 2.44. The summed E-state index contributed by atoms with van der Waals surface area (Å²) in [5.74, 6) is 0.279. The zero-order valence-corrected chi connectivity index (χ0v) is 13.3. The molecule has 21 heavy (non-hydrogen) atoms. The number of carbonyl (C=O) groups excluding carboxylic acids is 1. The maximum absolute atomic E-state index is 11.5. The zero-order chi connectivity index (χ0) is 15.9. The fourth-order valence-corrected chi connectivity index (χ4v) is 1.75. The summed E-state index contributed by atoms with van der Waals surface area (Å²) in [6, 6.07) is 7.34. The van der Waals surface area contributed by atoms with Crippen LogP contribution in [0.25, 0.3) is 0 Å². The average molecular weight is 294 g/mol. The van der Waals surface area contributed by atoms with Gasteiger partial charge in [0.2, 0.25) is 0 Å². The van der Waals surface area contributed by atoms with Crippen molar-refractivity contribution in [2.24, 2.45) is 0 Å². The van der Waals surface area contributed by atoms with Crippen molar-refractivity contribution >= 4 is 6.09 Å². The molecule has 0 aliphatic carbocycles. The molecule has 0 spiro atoms. The van der Waals surface area contributed by atoms with Gasteiger partial charge >= 0.3 is 6.09 Å². The summed E-state index contributed by atoms with van der Waals surface area (Å²) >= 11 is 0. The molecular weight excluding hydrogens is 268 g/mol. The van der Waals surface area contributed by atoms with Crippen LogP contribution >= 0.6 is 0 Å². The highest BCUT2D eigenvalue weighted by Gasteiger charge is 2.16. The SMILES string of the molecule is CC(CNC(=O)OC(C)(C)C)NCCc1ccc(O)cc1. The Morgan fingerprint density at radius 1 is 1.29 bits per heavy atom. The van der Waals surface area contributed by atoms with Gasteiger partial charge in [0.15, 0.2) is 0 Å². The molecule has 5 nitrogen and oxygen atoms in total. The molecule has 3 N–H and O–H groups in total. The van der Waals surface area contributed by atoms with E-state index in [-0.39, 0.29) is 11.8 Å². The molecule has 1 aromatic carbocycles. The summed E-state index contributed by atoms with van der Waals surface area (Å²) in [6.07, 6.45) is 0.478. The van der Waals surface area contributed by atoms with Crippen LogP contribution in [-0.4, -0.2) is 35.9 Å². The van der Waals surface area contributed by atoms with E-state index in [0.29, 0.717) is 6.54 Å². The topological polar surface area (TPSA) is 70.6 Å². The number of ether oxygens (including phenoxy) is 1. The predicted molar refractivity (Wildman–Crippen MR) is 83.5 cm³/mol. The molecule has 1 rings (SSSR count). The van der Waals surface area contributed by atoms with Crippen LogP contribution in [0.1, 0.15) is 33.3 Å². The molecule has 118 valence electrons. The summed E-state index contributed by atoms with van der Waals surface area (Å²) in [4.78, 5) is 11.5. The largest absolute Gasteiger partial charge is 0.508 e. The van der Waals surface area contributed by atoms with E-state index >= 15 is 0 Å². The number of phenols is 1. The molecule has 0 radical (unpaired) electrons. The third-order valence-corrected chi connectivity index (χ3v) is 2.79.